The minimum atomic E-state index is 0.423. The van der Waals surface area contributed by atoms with Crippen molar-refractivity contribution in [2.45, 2.75) is 33.6 Å². The summed E-state index contributed by atoms with van der Waals surface area (Å²) in [6.07, 6.45) is 1.63. The molecule has 5 heteroatoms. The predicted octanol–water partition coefficient (Wildman–Crippen LogP) is 5.10. The molecular weight excluding hydrogens is 310 g/mol. The first kappa shape index (κ1) is 16.9. The van der Waals surface area contributed by atoms with Crippen molar-refractivity contribution in [3.05, 3.63) is 65.4 Å². The topological polar surface area (TPSA) is 62.7 Å². The normalized spacial score (nSPS) is 10.8. The van der Waals surface area contributed by atoms with E-state index in [-0.39, 0.29) is 0 Å². The van der Waals surface area contributed by atoms with E-state index >= 15 is 0 Å². The van der Waals surface area contributed by atoms with Crippen LogP contribution in [-0.2, 0) is 0 Å². The first-order valence-corrected chi connectivity index (χ1v) is 8.43. The molecule has 0 saturated carbocycles. The number of aromatic nitrogens is 3. The van der Waals surface area contributed by atoms with Crippen LogP contribution in [0.4, 0.5) is 23.1 Å². The molecule has 0 aliphatic rings. The van der Waals surface area contributed by atoms with Gasteiger partial charge in [-0.05, 0) is 54.7 Å². The number of benzene rings is 2. The number of rotatable bonds is 5. The van der Waals surface area contributed by atoms with Gasteiger partial charge >= 0.3 is 0 Å². The van der Waals surface area contributed by atoms with Crippen LogP contribution in [0, 0.1) is 13.8 Å². The Morgan fingerprint density at radius 2 is 1.72 bits per heavy atom. The zero-order valence-electron chi connectivity index (χ0n) is 15.0. The summed E-state index contributed by atoms with van der Waals surface area (Å²) in [5.41, 5.74) is 5.70. The monoisotopic (exact) mass is 333 g/mol. The molecule has 0 radical (unpaired) electrons. The molecule has 25 heavy (non-hydrogen) atoms. The van der Waals surface area contributed by atoms with Gasteiger partial charge in [-0.25, -0.2) is 0 Å². The number of anilines is 4. The highest BCUT2D eigenvalue weighted by Gasteiger charge is 2.08. The van der Waals surface area contributed by atoms with E-state index in [2.05, 4.69) is 71.7 Å². The molecule has 0 spiro atoms. The van der Waals surface area contributed by atoms with E-state index in [0.29, 0.717) is 17.7 Å². The number of aryl methyl sites for hydroxylation is 2. The molecule has 3 rings (SSSR count). The van der Waals surface area contributed by atoms with Gasteiger partial charge in [0.05, 0.1) is 6.20 Å². The summed E-state index contributed by atoms with van der Waals surface area (Å²) in [4.78, 5) is 4.52. The zero-order valence-corrected chi connectivity index (χ0v) is 15.0. The van der Waals surface area contributed by atoms with Gasteiger partial charge in [-0.3, -0.25) is 0 Å². The van der Waals surface area contributed by atoms with Crippen LogP contribution in [0.2, 0.25) is 0 Å². The lowest BCUT2D eigenvalue weighted by Crippen LogP contribution is -2.04. The van der Waals surface area contributed by atoms with Crippen LogP contribution in [-0.4, -0.2) is 15.2 Å². The summed E-state index contributed by atoms with van der Waals surface area (Å²) in [7, 11) is 0. The maximum Gasteiger partial charge on any atom is 0.249 e. The first-order valence-electron chi connectivity index (χ1n) is 8.43. The number of nitrogens with zero attached hydrogens (tertiary/aromatic N) is 3. The molecule has 128 valence electrons. The second kappa shape index (κ2) is 7.30. The van der Waals surface area contributed by atoms with Crippen LogP contribution in [0.5, 0.6) is 0 Å². The SMILES string of the molecule is Cc1ccc(Nc2nncc(Nc3ccccc3C(C)C)n2)cc1C. The van der Waals surface area contributed by atoms with Gasteiger partial charge in [0, 0.05) is 11.4 Å². The lowest BCUT2D eigenvalue weighted by Gasteiger charge is -2.14. The summed E-state index contributed by atoms with van der Waals surface area (Å²) in [6.45, 7) is 8.52. The molecule has 2 aromatic carbocycles. The molecule has 0 fully saturated rings. The summed E-state index contributed by atoms with van der Waals surface area (Å²) in [5, 5.41) is 14.7. The summed E-state index contributed by atoms with van der Waals surface area (Å²) in [5.74, 6) is 1.55. The molecule has 0 amide bonds. The fourth-order valence-corrected chi connectivity index (χ4v) is 2.62. The average Bonchev–Trinajstić information content (AvgIpc) is 2.59. The molecule has 0 aliphatic carbocycles. The molecule has 0 bridgehead atoms. The molecular formula is C20H23N5. The Bertz CT molecular complexity index is 873. The number of para-hydroxylation sites is 1. The first-order chi connectivity index (χ1) is 12.0. The lowest BCUT2D eigenvalue weighted by molar-refractivity contribution is 0.868. The van der Waals surface area contributed by atoms with E-state index in [0.717, 1.165) is 11.4 Å². The quantitative estimate of drug-likeness (QED) is 0.680. The fraction of sp³-hybridized carbons (Fsp3) is 0.250. The summed E-state index contributed by atoms with van der Waals surface area (Å²) >= 11 is 0. The van der Waals surface area contributed by atoms with E-state index in [1.54, 1.807) is 6.20 Å². The van der Waals surface area contributed by atoms with Gasteiger partial charge < -0.3 is 10.6 Å². The molecule has 1 aromatic heterocycles. The van der Waals surface area contributed by atoms with Gasteiger partial charge in [-0.15, -0.1) is 5.10 Å². The minimum Gasteiger partial charge on any atom is -0.339 e. The molecule has 0 saturated heterocycles. The van der Waals surface area contributed by atoms with Crippen LogP contribution in [0.15, 0.2) is 48.7 Å². The van der Waals surface area contributed by atoms with Crippen LogP contribution < -0.4 is 10.6 Å². The van der Waals surface area contributed by atoms with Crippen molar-refractivity contribution in [3.8, 4) is 0 Å². The van der Waals surface area contributed by atoms with Crippen molar-refractivity contribution in [3.63, 3.8) is 0 Å². The Morgan fingerprint density at radius 1 is 0.920 bits per heavy atom. The minimum absolute atomic E-state index is 0.423. The maximum absolute atomic E-state index is 4.52. The highest BCUT2D eigenvalue weighted by Crippen LogP contribution is 2.26. The van der Waals surface area contributed by atoms with E-state index < -0.39 is 0 Å². The average molecular weight is 333 g/mol. The summed E-state index contributed by atoms with van der Waals surface area (Å²) in [6, 6.07) is 14.4. The molecule has 5 nitrogen and oxygen atoms in total. The van der Waals surface area contributed by atoms with Crippen LogP contribution in [0.1, 0.15) is 36.5 Å². The summed E-state index contributed by atoms with van der Waals surface area (Å²) < 4.78 is 0. The van der Waals surface area contributed by atoms with E-state index in [4.69, 9.17) is 0 Å². The van der Waals surface area contributed by atoms with E-state index in [9.17, 15) is 0 Å². The molecule has 1 heterocycles. The second-order valence-electron chi connectivity index (χ2n) is 6.46. The van der Waals surface area contributed by atoms with Gasteiger partial charge in [0.2, 0.25) is 5.95 Å². The standard InChI is InChI=1S/C20H23N5/c1-13(2)17-7-5-6-8-18(17)23-19-12-21-25-20(24-19)22-16-10-9-14(3)15(4)11-16/h5-13H,1-4H3,(H2,22,23,24,25). The largest absolute Gasteiger partial charge is 0.339 e. The second-order valence-corrected chi connectivity index (χ2v) is 6.46. The molecule has 3 aromatic rings. The van der Waals surface area contributed by atoms with Gasteiger partial charge in [-0.2, -0.15) is 10.1 Å². The lowest BCUT2D eigenvalue weighted by atomic mass is 10.0. The van der Waals surface area contributed by atoms with Gasteiger partial charge in [0.1, 0.15) is 0 Å². The fourth-order valence-electron chi connectivity index (χ4n) is 2.62. The van der Waals surface area contributed by atoms with Gasteiger partial charge in [0.15, 0.2) is 5.82 Å². The molecule has 0 atom stereocenters. The van der Waals surface area contributed by atoms with E-state index in [1.807, 2.05) is 24.3 Å². The van der Waals surface area contributed by atoms with Crippen LogP contribution in [0.25, 0.3) is 0 Å². The van der Waals surface area contributed by atoms with Gasteiger partial charge in [0.25, 0.3) is 0 Å². The van der Waals surface area contributed by atoms with Crippen molar-refractivity contribution in [2.75, 3.05) is 10.6 Å². The molecule has 0 unspecified atom stereocenters. The third kappa shape index (κ3) is 4.12. The smallest absolute Gasteiger partial charge is 0.249 e. The number of nitrogens with one attached hydrogen (secondary N) is 2. The van der Waals surface area contributed by atoms with Crippen molar-refractivity contribution in [1.82, 2.24) is 15.2 Å². The van der Waals surface area contributed by atoms with Crippen LogP contribution in [0.3, 0.4) is 0 Å². The molecule has 0 aliphatic heterocycles. The highest BCUT2D eigenvalue weighted by atomic mass is 15.3. The third-order valence-electron chi connectivity index (χ3n) is 4.17. The Morgan fingerprint density at radius 3 is 2.48 bits per heavy atom. The van der Waals surface area contributed by atoms with Gasteiger partial charge in [-0.1, -0.05) is 38.1 Å². The highest BCUT2D eigenvalue weighted by molar-refractivity contribution is 5.62. The maximum atomic E-state index is 4.52. The Kier molecular flexibility index (Phi) is 4.93. The zero-order chi connectivity index (χ0) is 17.8. The Labute approximate surface area is 148 Å². The van der Waals surface area contributed by atoms with Crippen LogP contribution >= 0.6 is 0 Å². The Hall–Kier alpha value is -2.95. The number of hydrogen-bond donors (Lipinski definition) is 2. The number of hydrogen-bond acceptors (Lipinski definition) is 5. The van der Waals surface area contributed by atoms with Crippen molar-refractivity contribution >= 4 is 23.1 Å². The van der Waals surface area contributed by atoms with Crippen molar-refractivity contribution in [2.24, 2.45) is 0 Å². The van der Waals surface area contributed by atoms with E-state index in [1.165, 1.54) is 16.7 Å². The third-order valence-corrected chi connectivity index (χ3v) is 4.17. The Balaban J connectivity index is 1.81. The molecule has 2 N–H and O–H groups in total. The van der Waals surface area contributed by atoms with Crippen molar-refractivity contribution < 1.29 is 0 Å². The predicted molar refractivity (Wildman–Crippen MR) is 103 cm³/mol. The van der Waals surface area contributed by atoms with Crippen molar-refractivity contribution in [1.29, 1.82) is 0 Å².